The van der Waals surface area contributed by atoms with Crippen LogP contribution in [0.25, 0.3) is 11.2 Å². The zero-order valence-corrected chi connectivity index (χ0v) is 16.8. The Balaban J connectivity index is 1.28. The molecule has 30 heavy (non-hydrogen) atoms. The Labute approximate surface area is 176 Å². The zero-order valence-electron chi connectivity index (χ0n) is 16.0. The van der Waals surface area contributed by atoms with E-state index in [-0.39, 0.29) is 11.3 Å². The minimum absolute atomic E-state index is 0.0151. The van der Waals surface area contributed by atoms with Crippen LogP contribution in [0.4, 0.5) is 14.6 Å². The number of anilines is 1. The second-order valence-electron chi connectivity index (χ2n) is 8.00. The van der Waals surface area contributed by atoms with E-state index in [4.69, 9.17) is 11.6 Å². The van der Waals surface area contributed by atoms with Crippen LogP contribution in [0.3, 0.4) is 0 Å². The molecule has 0 N–H and O–H groups in total. The molecule has 156 valence electrons. The lowest BCUT2D eigenvalue weighted by Gasteiger charge is -2.48. The second-order valence-corrected chi connectivity index (χ2v) is 8.43. The van der Waals surface area contributed by atoms with Gasteiger partial charge in [-0.2, -0.15) is 5.10 Å². The summed E-state index contributed by atoms with van der Waals surface area (Å²) in [6.45, 7) is 2.37. The van der Waals surface area contributed by atoms with Crippen LogP contribution in [0.5, 0.6) is 0 Å². The first-order chi connectivity index (χ1) is 14.4. The number of fused-ring (bicyclic) bond motifs is 1. The summed E-state index contributed by atoms with van der Waals surface area (Å²) in [7, 11) is 0. The molecule has 4 heterocycles. The number of hydrogen-bond acceptors (Lipinski definition) is 5. The number of nitrogens with zero attached hydrogens (tertiary/aromatic N) is 6. The van der Waals surface area contributed by atoms with Gasteiger partial charge in [-0.1, -0.05) is 17.7 Å². The van der Waals surface area contributed by atoms with Crippen LogP contribution in [-0.2, 0) is 6.54 Å². The van der Waals surface area contributed by atoms with Crippen LogP contribution in [0.1, 0.15) is 16.8 Å². The van der Waals surface area contributed by atoms with E-state index in [0.29, 0.717) is 40.7 Å². The lowest BCUT2D eigenvalue weighted by Crippen LogP contribution is -2.59. The van der Waals surface area contributed by atoms with Gasteiger partial charge in [-0.25, -0.2) is 23.4 Å². The maximum Gasteiger partial charge on any atom is 0.258 e. The fourth-order valence-corrected chi connectivity index (χ4v) is 4.55. The summed E-state index contributed by atoms with van der Waals surface area (Å²) in [6.07, 6.45) is 1.53. The molecule has 2 fully saturated rings. The third-order valence-electron chi connectivity index (χ3n) is 5.82. The highest BCUT2D eigenvalue weighted by Gasteiger charge is 2.49. The maximum absolute atomic E-state index is 12.8. The van der Waals surface area contributed by atoms with Crippen molar-refractivity contribution in [3.63, 3.8) is 0 Å². The van der Waals surface area contributed by atoms with E-state index in [1.54, 1.807) is 30.5 Å². The molecule has 0 bridgehead atoms. The van der Waals surface area contributed by atoms with Crippen LogP contribution in [0, 0.1) is 5.41 Å². The average molecular weight is 433 g/mol. The fourth-order valence-electron chi connectivity index (χ4n) is 4.36. The molecular formula is C20H19ClF2N6O. The second kappa shape index (κ2) is 7.16. The maximum atomic E-state index is 12.8. The molecule has 2 aliphatic rings. The van der Waals surface area contributed by atoms with Crippen molar-refractivity contribution in [3.8, 4) is 0 Å². The van der Waals surface area contributed by atoms with Crippen molar-refractivity contribution in [1.29, 1.82) is 0 Å². The molecule has 0 atom stereocenters. The Kier molecular flexibility index (Phi) is 4.57. The zero-order chi connectivity index (χ0) is 20.9. The van der Waals surface area contributed by atoms with Crippen LogP contribution in [-0.4, -0.2) is 63.2 Å². The Morgan fingerprint density at radius 1 is 1.23 bits per heavy atom. The summed E-state index contributed by atoms with van der Waals surface area (Å²) in [5, 5.41) is 4.51. The number of benzene rings is 1. The van der Waals surface area contributed by atoms with E-state index in [2.05, 4.69) is 20.0 Å². The number of carbonyl (C=O) groups is 1. The van der Waals surface area contributed by atoms with E-state index < -0.39 is 13.0 Å². The number of alkyl halides is 2. The number of halogens is 3. The molecule has 0 saturated carbocycles. The number of likely N-dealkylation sites (tertiary alicyclic amines) is 1. The van der Waals surface area contributed by atoms with Crippen molar-refractivity contribution in [2.75, 3.05) is 31.1 Å². The Morgan fingerprint density at radius 3 is 2.83 bits per heavy atom. The van der Waals surface area contributed by atoms with Crippen LogP contribution >= 0.6 is 11.6 Å². The molecule has 5 rings (SSSR count). The molecule has 2 saturated heterocycles. The SMILES string of the molecule is O=C(c1cccc(Cl)c1)N1CC2(CCN(c3cnc4cnn(CC(F)F)c4n3)C2)C1. The third-order valence-corrected chi connectivity index (χ3v) is 6.05. The Hall–Kier alpha value is -2.81. The molecule has 1 aromatic carbocycles. The summed E-state index contributed by atoms with van der Waals surface area (Å²) >= 11 is 6.00. The normalized spacial score (nSPS) is 17.9. The Morgan fingerprint density at radius 2 is 2.07 bits per heavy atom. The van der Waals surface area contributed by atoms with E-state index in [9.17, 15) is 13.6 Å². The van der Waals surface area contributed by atoms with Gasteiger partial charge in [-0.3, -0.25) is 4.79 Å². The average Bonchev–Trinajstić information content (AvgIpc) is 3.31. The van der Waals surface area contributed by atoms with Gasteiger partial charge in [0.1, 0.15) is 17.9 Å². The van der Waals surface area contributed by atoms with Crippen molar-refractivity contribution in [1.82, 2.24) is 24.6 Å². The quantitative estimate of drug-likeness (QED) is 0.633. The monoisotopic (exact) mass is 432 g/mol. The summed E-state index contributed by atoms with van der Waals surface area (Å²) in [6, 6.07) is 6.97. The van der Waals surface area contributed by atoms with E-state index in [1.165, 1.54) is 10.9 Å². The van der Waals surface area contributed by atoms with Crippen molar-refractivity contribution < 1.29 is 13.6 Å². The molecule has 3 aromatic rings. The minimum atomic E-state index is -2.51. The number of amides is 1. The first-order valence-corrected chi connectivity index (χ1v) is 10.1. The highest BCUT2D eigenvalue weighted by molar-refractivity contribution is 6.30. The van der Waals surface area contributed by atoms with Crippen LogP contribution in [0.2, 0.25) is 5.02 Å². The predicted octanol–water partition coefficient (Wildman–Crippen LogP) is 3.10. The van der Waals surface area contributed by atoms with Gasteiger partial charge in [0.25, 0.3) is 12.3 Å². The summed E-state index contributed by atoms with van der Waals surface area (Å²) in [4.78, 5) is 25.5. The summed E-state index contributed by atoms with van der Waals surface area (Å²) < 4.78 is 26.7. The molecule has 10 heteroatoms. The Bertz CT molecular complexity index is 1110. The van der Waals surface area contributed by atoms with Gasteiger partial charge < -0.3 is 9.80 Å². The largest absolute Gasteiger partial charge is 0.355 e. The van der Waals surface area contributed by atoms with Gasteiger partial charge in [0.05, 0.1) is 12.4 Å². The van der Waals surface area contributed by atoms with Crippen molar-refractivity contribution >= 4 is 34.5 Å². The van der Waals surface area contributed by atoms with Gasteiger partial charge in [0.15, 0.2) is 5.65 Å². The standard InChI is InChI=1S/C20H19ClF2N6O/c21-14-3-1-2-13(6-14)19(30)28-11-20(12-28)4-5-27(10-20)17-8-24-15-7-25-29(9-16(22)23)18(15)26-17/h1-3,6-8,16H,4-5,9-12H2. The van der Waals surface area contributed by atoms with E-state index in [1.807, 2.05) is 4.90 Å². The summed E-state index contributed by atoms with van der Waals surface area (Å²) in [5.74, 6) is 0.633. The lowest BCUT2D eigenvalue weighted by molar-refractivity contribution is 0.0167. The molecule has 1 spiro atoms. The van der Waals surface area contributed by atoms with Crippen LogP contribution < -0.4 is 4.90 Å². The molecule has 7 nitrogen and oxygen atoms in total. The molecule has 0 aliphatic carbocycles. The minimum Gasteiger partial charge on any atom is -0.355 e. The molecular weight excluding hydrogens is 414 g/mol. The number of aromatic nitrogens is 4. The molecule has 0 radical (unpaired) electrons. The number of carbonyl (C=O) groups excluding carboxylic acids is 1. The van der Waals surface area contributed by atoms with Gasteiger partial charge in [-0.15, -0.1) is 0 Å². The van der Waals surface area contributed by atoms with E-state index in [0.717, 1.165) is 19.5 Å². The molecule has 1 amide bonds. The van der Waals surface area contributed by atoms with Gasteiger partial charge in [0, 0.05) is 42.2 Å². The third kappa shape index (κ3) is 3.36. The van der Waals surface area contributed by atoms with Crippen LogP contribution in [0.15, 0.2) is 36.7 Å². The smallest absolute Gasteiger partial charge is 0.258 e. The molecule has 2 aromatic heterocycles. The van der Waals surface area contributed by atoms with Crippen molar-refractivity contribution in [2.24, 2.45) is 5.41 Å². The highest BCUT2D eigenvalue weighted by atomic mass is 35.5. The van der Waals surface area contributed by atoms with Crippen molar-refractivity contribution in [3.05, 3.63) is 47.2 Å². The first kappa shape index (κ1) is 19.2. The van der Waals surface area contributed by atoms with Gasteiger partial charge in [0.2, 0.25) is 0 Å². The topological polar surface area (TPSA) is 67.2 Å². The molecule has 0 unspecified atom stereocenters. The van der Waals surface area contributed by atoms with E-state index >= 15 is 0 Å². The van der Waals surface area contributed by atoms with Gasteiger partial charge >= 0.3 is 0 Å². The number of rotatable bonds is 4. The first-order valence-electron chi connectivity index (χ1n) is 9.69. The predicted molar refractivity (Wildman–Crippen MR) is 108 cm³/mol. The lowest BCUT2D eigenvalue weighted by atomic mass is 9.78. The fraction of sp³-hybridized carbons (Fsp3) is 0.400. The van der Waals surface area contributed by atoms with Gasteiger partial charge in [-0.05, 0) is 24.6 Å². The van der Waals surface area contributed by atoms with Crippen molar-refractivity contribution in [2.45, 2.75) is 19.4 Å². The molecule has 2 aliphatic heterocycles. The number of hydrogen-bond donors (Lipinski definition) is 0. The summed E-state index contributed by atoms with van der Waals surface area (Å²) in [5.41, 5.74) is 1.47. The highest BCUT2D eigenvalue weighted by Crippen LogP contribution is 2.41.